The Morgan fingerprint density at radius 1 is 1.29 bits per heavy atom. The molecule has 0 saturated carbocycles. The fourth-order valence-electron chi connectivity index (χ4n) is 3.00. The maximum Gasteiger partial charge on any atom is 0.247 e. The Bertz CT molecular complexity index is 971. The van der Waals surface area contributed by atoms with Crippen LogP contribution in [-0.4, -0.2) is 52.4 Å². The van der Waals surface area contributed by atoms with Gasteiger partial charge in [0.2, 0.25) is 11.8 Å². The smallest absolute Gasteiger partial charge is 0.247 e. The Labute approximate surface area is 166 Å². The van der Waals surface area contributed by atoms with E-state index in [1.165, 1.54) is 23.4 Å². The molecular weight excluding hydrogens is 380 g/mol. The van der Waals surface area contributed by atoms with Crippen LogP contribution in [0.4, 0.5) is 5.82 Å². The average molecular weight is 397 g/mol. The maximum atomic E-state index is 12.6. The van der Waals surface area contributed by atoms with Crippen LogP contribution < -0.4 is 10.6 Å². The first-order chi connectivity index (χ1) is 13.5. The number of piperazine rings is 1. The third kappa shape index (κ3) is 4.27. The number of halogens is 1. The highest BCUT2D eigenvalue weighted by molar-refractivity contribution is 6.30. The summed E-state index contributed by atoms with van der Waals surface area (Å²) >= 11 is 5.94. The standard InChI is InChI=1S/C19H17ClN6O2/c20-14-3-1-2-13(10-14)4-5-17(27)26-9-8-25(12-16(26)18(22)28)19-15(11-21)23-6-7-24-19/h1-7,10,16H,8-9,12H2,(H2,22,28)/b5-4+. The normalized spacial score (nSPS) is 16.8. The number of benzene rings is 1. The van der Waals surface area contributed by atoms with Gasteiger partial charge < -0.3 is 15.5 Å². The van der Waals surface area contributed by atoms with Gasteiger partial charge in [-0.3, -0.25) is 9.59 Å². The van der Waals surface area contributed by atoms with E-state index >= 15 is 0 Å². The molecule has 0 bridgehead atoms. The minimum Gasteiger partial charge on any atom is -0.368 e. The van der Waals surface area contributed by atoms with Gasteiger partial charge in [0, 0.05) is 43.1 Å². The number of rotatable bonds is 4. The first-order valence-corrected chi connectivity index (χ1v) is 8.87. The molecule has 142 valence electrons. The molecule has 28 heavy (non-hydrogen) atoms. The van der Waals surface area contributed by atoms with Crippen LogP contribution in [0.2, 0.25) is 5.02 Å². The summed E-state index contributed by atoms with van der Waals surface area (Å²) in [4.78, 5) is 35.9. The number of hydrogen-bond donors (Lipinski definition) is 1. The van der Waals surface area contributed by atoms with E-state index in [2.05, 4.69) is 9.97 Å². The fourth-order valence-corrected chi connectivity index (χ4v) is 3.20. The van der Waals surface area contributed by atoms with Crippen molar-refractivity contribution in [1.82, 2.24) is 14.9 Å². The maximum absolute atomic E-state index is 12.6. The van der Waals surface area contributed by atoms with Crippen molar-refractivity contribution in [1.29, 1.82) is 5.26 Å². The van der Waals surface area contributed by atoms with Gasteiger partial charge in [-0.2, -0.15) is 5.26 Å². The molecule has 2 N–H and O–H groups in total. The molecule has 1 fully saturated rings. The van der Waals surface area contributed by atoms with E-state index in [4.69, 9.17) is 17.3 Å². The summed E-state index contributed by atoms with van der Waals surface area (Å²) in [5.41, 5.74) is 6.46. The first kappa shape index (κ1) is 19.3. The van der Waals surface area contributed by atoms with Crippen LogP contribution in [0.1, 0.15) is 11.3 Å². The van der Waals surface area contributed by atoms with Gasteiger partial charge >= 0.3 is 0 Å². The zero-order chi connectivity index (χ0) is 20.1. The summed E-state index contributed by atoms with van der Waals surface area (Å²) in [5.74, 6) is -0.586. The summed E-state index contributed by atoms with van der Waals surface area (Å²) in [7, 11) is 0. The van der Waals surface area contributed by atoms with E-state index in [0.717, 1.165) is 5.56 Å². The largest absolute Gasteiger partial charge is 0.368 e. The molecule has 8 nitrogen and oxygen atoms in total. The first-order valence-electron chi connectivity index (χ1n) is 8.49. The van der Waals surface area contributed by atoms with E-state index < -0.39 is 11.9 Å². The van der Waals surface area contributed by atoms with Crippen molar-refractivity contribution in [3.63, 3.8) is 0 Å². The molecule has 1 saturated heterocycles. The third-order valence-electron chi connectivity index (χ3n) is 4.34. The number of hydrogen-bond acceptors (Lipinski definition) is 6. The highest BCUT2D eigenvalue weighted by atomic mass is 35.5. The van der Waals surface area contributed by atoms with Crippen molar-refractivity contribution in [2.45, 2.75) is 6.04 Å². The molecule has 1 unspecified atom stereocenters. The molecule has 1 aromatic carbocycles. The second kappa shape index (κ2) is 8.50. The lowest BCUT2D eigenvalue weighted by molar-refractivity contribution is -0.136. The number of nitriles is 1. The van der Waals surface area contributed by atoms with Crippen molar-refractivity contribution in [2.75, 3.05) is 24.5 Å². The Morgan fingerprint density at radius 2 is 2.07 bits per heavy atom. The number of carbonyl (C=O) groups is 2. The lowest BCUT2D eigenvalue weighted by Gasteiger charge is -2.40. The molecule has 0 spiro atoms. The van der Waals surface area contributed by atoms with Crippen LogP contribution in [0.25, 0.3) is 6.08 Å². The summed E-state index contributed by atoms with van der Waals surface area (Å²) in [6.07, 6.45) is 5.92. The third-order valence-corrected chi connectivity index (χ3v) is 4.58. The van der Waals surface area contributed by atoms with E-state index in [-0.39, 0.29) is 24.7 Å². The van der Waals surface area contributed by atoms with Crippen LogP contribution in [0.15, 0.2) is 42.7 Å². The van der Waals surface area contributed by atoms with E-state index in [0.29, 0.717) is 17.4 Å². The minimum atomic E-state index is -0.848. The Morgan fingerprint density at radius 3 is 2.79 bits per heavy atom. The van der Waals surface area contributed by atoms with Crippen molar-refractivity contribution in [3.8, 4) is 6.07 Å². The van der Waals surface area contributed by atoms with Gasteiger partial charge in [-0.05, 0) is 23.8 Å². The summed E-state index contributed by atoms with van der Waals surface area (Å²) in [5, 5.41) is 9.77. The van der Waals surface area contributed by atoms with E-state index in [1.807, 2.05) is 12.1 Å². The number of aromatic nitrogens is 2. The van der Waals surface area contributed by atoms with Crippen LogP contribution in [0.3, 0.4) is 0 Å². The van der Waals surface area contributed by atoms with Crippen molar-refractivity contribution < 1.29 is 9.59 Å². The van der Waals surface area contributed by atoms with Crippen LogP contribution in [-0.2, 0) is 9.59 Å². The summed E-state index contributed by atoms with van der Waals surface area (Å²) in [6, 6.07) is 8.20. The lowest BCUT2D eigenvalue weighted by atomic mass is 10.1. The van der Waals surface area contributed by atoms with E-state index in [9.17, 15) is 14.9 Å². The monoisotopic (exact) mass is 396 g/mol. The van der Waals surface area contributed by atoms with Crippen LogP contribution in [0, 0.1) is 11.3 Å². The van der Waals surface area contributed by atoms with Crippen molar-refractivity contribution in [3.05, 3.63) is 59.0 Å². The topological polar surface area (TPSA) is 116 Å². The number of primary amides is 1. The quantitative estimate of drug-likeness (QED) is 0.776. The Kier molecular flexibility index (Phi) is 5.87. The second-order valence-corrected chi connectivity index (χ2v) is 6.56. The molecule has 3 rings (SSSR count). The fraction of sp³-hybridized carbons (Fsp3) is 0.211. The van der Waals surface area contributed by atoms with Crippen molar-refractivity contribution in [2.24, 2.45) is 5.73 Å². The molecule has 2 amide bonds. The molecule has 1 aliphatic rings. The number of amides is 2. The number of nitrogens with zero attached hydrogens (tertiary/aromatic N) is 5. The second-order valence-electron chi connectivity index (χ2n) is 6.12. The number of anilines is 1. The van der Waals surface area contributed by atoms with Gasteiger partial charge in [0.1, 0.15) is 12.1 Å². The van der Waals surface area contributed by atoms with Crippen LogP contribution >= 0.6 is 11.6 Å². The highest BCUT2D eigenvalue weighted by Gasteiger charge is 2.34. The van der Waals surface area contributed by atoms with Gasteiger partial charge in [0.15, 0.2) is 11.5 Å². The summed E-state index contributed by atoms with van der Waals surface area (Å²) in [6.45, 7) is 0.793. The molecular formula is C19H17ClN6O2. The molecule has 0 radical (unpaired) electrons. The average Bonchev–Trinajstić information content (AvgIpc) is 2.71. The Hall–Kier alpha value is -3.44. The van der Waals surface area contributed by atoms with E-state index in [1.54, 1.807) is 29.2 Å². The Balaban J connectivity index is 1.77. The number of nitrogens with two attached hydrogens (primary N) is 1. The van der Waals surface area contributed by atoms with Gasteiger partial charge in [-0.15, -0.1) is 0 Å². The zero-order valence-corrected chi connectivity index (χ0v) is 15.6. The molecule has 2 aromatic rings. The zero-order valence-electron chi connectivity index (χ0n) is 14.8. The minimum absolute atomic E-state index is 0.138. The molecule has 9 heteroatoms. The molecule has 0 aliphatic carbocycles. The van der Waals surface area contributed by atoms with Gasteiger partial charge in [0.05, 0.1) is 0 Å². The SMILES string of the molecule is N#Cc1nccnc1N1CCN(C(=O)/C=C/c2cccc(Cl)c2)C(C(N)=O)C1. The number of carbonyl (C=O) groups excluding carboxylic acids is 2. The molecule has 1 aromatic heterocycles. The molecule has 2 heterocycles. The highest BCUT2D eigenvalue weighted by Crippen LogP contribution is 2.20. The predicted octanol–water partition coefficient (Wildman–Crippen LogP) is 1.22. The molecule has 1 atom stereocenters. The van der Waals surface area contributed by atoms with Gasteiger partial charge in [0.25, 0.3) is 0 Å². The molecule has 1 aliphatic heterocycles. The summed E-state index contributed by atoms with van der Waals surface area (Å²) < 4.78 is 0. The predicted molar refractivity (Wildman–Crippen MR) is 104 cm³/mol. The van der Waals surface area contributed by atoms with Crippen molar-refractivity contribution >= 4 is 35.3 Å². The van der Waals surface area contributed by atoms with Gasteiger partial charge in [-0.1, -0.05) is 23.7 Å². The van der Waals surface area contributed by atoms with Crippen LogP contribution in [0.5, 0.6) is 0 Å². The van der Waals surface area contributed by atoms with Gasteiger partial charge in [-0.25, -0.2) is 9.97 Å². The lowest BCUT2D eigenvalue weighted by Crippen LogP contribution is -2.60.